The van der Waals surface area contributed by atoms with Gasteiger partial charge in [0.2, 0.25) is 0 Å². The second-order valence-electron chi connectivity index (χ2n) is 6.77. The summed E-state index contributed by atoms with van der Waals surface area (Å²) in [6.45, 7) is 1.25. The highest BCUT2D eigenvalue weighted by atomic mass is 16.5. The first-order chi connectivity index (χ1) is 13.2. The van der Waals surface area contributed by atoms with Crippen LogP contribution in [0.15, 0.2) is 36.7 Å². The molecule has 7 heteroatoms. The van der Waals surface area contributed by atoms with E-state index in [0.29, 0.717) is 18.0 Å². The molecular weight excluding hydrogens is 344 g/mol. The summed E-state index contributed by atoms with van der Waals surface area (Å²) in [7, 11) is 3.25. The fourth-order valence-electron chi connectivity index (χ4n) is 3.02. The smallest absolute Gasteiger partial charge is 0.252 e. The van der Waals surface area contributed by atoms with E-state index in [1.165, 1.54) is 12.8 Å². The van der Waals surface area contributed by atoms with Gasteiger partial charge in [0.1, 0.15) is 11.5 Å². The van der Waals surface area contributed by atoms with Crippen LogP contribution >= 0.6 is 0 Å². The molecule has 1 amide bonds. The Balaban J connectivity index is 1.55. The number of rotatable bonds is 7. The van der Waals surface area contributed by atoms with E-state index < -0.39 is 0 Å². The molecule has 4 rings (SSSR count). The first-order valence-electron chi connectivity index (χ1n) is 8.98. The summed E-state index contributed by atoms with van der Waals surface area (Å²) in [5, 5.41) is 8.23. The van der Waals surface area contributed by atoms with Crippen LogP contribution in [0.3, 0.4) is 0 Å². The molecule has 7 nitrogen and oxygen atoms in total. The van der Waals surface area contributed by atoms with Gasteiger partial charge < -0.3 is 14.8 Å². The molecule has 140 valence electrons. The molecule has 1 aliphatic rings. The zero-order valence-corrected chi connectivity index (χ0v) is 15.4. The van der Waals surface area contributed by atoms with Gasteiger partial charge in [-0.25, -0.2) is 9.67 Å². The van der Waals surface area contributed by atoms with Crippen molar-refractivity contribution in [2.24, 2.45) is 5.92 Å². The first-order valence-corrected chi connectivity index (χ1v) is 8.98. The van der Waals surface area contributed by atoms with E-state index in [1.54, 1.807) is 31.3 Å². The number of carbonyl (C=O) groups is 1. The monoisotopic (exact) mass is 366 g/mol. The van der Waals surface area contributed by atoms with E-state index in [1.807, 2.05) is 24.3 Å². The number of pyridine rings is 1. The van der Waals surface area contributed by atoms with Crippen LogP contribution in [-0.2, 0) is 6.54 Å². The van der Waals surface area contributed by atoms with Gasteiger partial charge in [0.25, 0.3) is 5.91 Å². The molecule has 1 fully saturated rings. The summed E-state index contributed by atoms with van der Waals surface area (Å²) >= 11 is 0. The minimum absolute atomic E-state index is 0.0825. The van der Waals surface area contributed by atoms with E-state index >= 15 is 0 Å². The molecule has 0 radical (unpaired) electrons. The number of aromatic nitrogens is 3. The highest BCUT2D eigenvalue weighted by Gasteiger charge is 2.22. The van der Waals surface area contributed by atoms with Gasteiger partial charge in [-0.2, -0.15) is 5.10 Å². The van der Waals surface area contributed by atoms with Gasteiger partial charge in [-0.15, -0.1) is 0 Å². The second-order valence-corrected chi connectivity index (χ2v) is 6.77. The van der Waals surface area contributed by atoms with Crippen LogP contribution in [0.5, 0.6) is 11.5 Å². The van der Waals surface area contributed by atoms with Crippen molar-refractivity contribution >= 4 is 16.9 Å². The minimum atomic E-state index is -0.0825. The van der Waals surface area contributed by atoms with E-state index in [-0.39, 0.29) is 5.91 Å². The lowest BCUT2D eigenvalue weighted by Crippen LogP contribution is -2.25. The Labute approximate surface area is 157 Å². The van der Waals surface area contributed by atoms with Crippen LogP contribution in [0, 0.1) is 5.92 Å². The molecule has 2 heterocycles. The Morgan fingerprint density at radius 3 is 2.81 bits per heavy atom. The van der Waals surface area contributed by atoms with Crippen molar-refractivity contribution in [3.63, 3.8) is 0 Å². The molecule has 0 bridgehead atoms. The number of nitrogens with one attached hydrogen (secondary N) is 1. The van der Waals surface area contributed by atoms with Crippen LogP contribution in [0.4, 0.5) is 0 Å². The summed E-state index contributed by atoms with van der Waals surface area (Å²) in [6.07, 6.45) is 5.75. The van der Waals surface area contributed by atoms with E-state index in [2.05, 4.69) is 15.4 Å². The van der Waals surface area contributed by atoms with E-state index in [9.17, 15) is 4.79 Å². The molecule has 27 heavy (non-hydrogen) atoms. The number of amides is 1. The number of methoxy groups -OCH3 is 2. The predicted octanol–water partition coefficient (Wildman–Crippen LogP) is 2.64. The molecule has 2 aromatic heterocycles. The predicted molar refractivity (Wildman–Crippen MR) is 101 cm³/mol. The molecule has 0 unspecified atom stereocenters. The van der Waals surface area contributed by atoms with Gasteiger partial charge in [0.05, 0.1) is 32.5 Å². The van der Waals surface area contributed by atoms with Crippen molar-refractivity contribution in [2.75, 3.05) is 20.8 Å². The van der Waals surface area contributed by atoms with Crippen LogP contribution in [0.25, 0.3) is 11.0 Å². The summed E-state index contributed by atoms with van der Waals surface area (Å²) in [5.74, 6) is 2.03. The fraction of sp³-hybridized carbons (Fsp3) is 0.350. The maximum Gasteiger partial charge on any atom is 0.252 e. The quantitative estimate of drug-likeness (QED) is 0.695. The molecule has 1 aliphatic carbocycles. The molecule has 0 atom stereocenters. The maximum absolute atomic E-state index is 12.3. The Morgan fingerprint density at radius 1 is 1.22 bits per heavy atom. The SMILES string of the molecule is COc1ccc(Cn2ncc3cc(C(=O)NCC4CC4)cnc32)c(OC)c1. The van der Waals surface area contributed by atoms with Crippen molar-refractivity contribution in [1.82, 2.24) is 20.1 Å². The topological polar surface area (TPSA) is 78.3 Å². The van der Waals surface area contributed by atoms with Gasteiger partial charge in [-0.05, 0) is 37.0 Å². The number of ether oxygens (including phenoxy) is 2. The maximum atomic E-state index is 12.3. The largest absolute Gasteiger partial charge is 0.497 e. The molecule has 1 saturated carbocycles. The molecule has 1 N–H and O–H groups in total. The number of nitrogens with zero attached hydrogens (tertiary/aromatic N) is 3. The molecule has 3 aromatic rings. The van der Waals surface area contributed by atoms with Crippen LogP contribution in [0.2, 0.25) is 0 Å². The van der Waals surface area contributed by atoms with E-state index in [0.717, 1.165) is 34.6 Å². The van der Waals surface area contributed by atoms with Crippen molar-refractivity contribution in [3.8, 4) is 11.5 Å². The average Bonchev–Trinajstić information content (AvgIpc) is 3.46. The van der Waals surface area contributed by atoms with Gasteiger partial charge >= 0.3 is 0 Å². The zero-order valence-electron chi connectivity index (χ0n) is 15.4. The Bertz CT molecular complexity index is 979. The van der Waals surface area contributed by atoms with Gasteiger partial charge in [0.15, 0.2) is 5.65 Å². The Kier molecular flexibility index (Phi) is 4.66. The summed E-state index contributed by atoms with van der Waals surface area (Å²) in [4.78, 5) is 16.7. The molecule has 0 spiro atoms. The van der Waals surface area contributed by atoms with Gasteiger partial charge in [-0.1, -0.05) is 0 Å². The fourth-order valence-corrected chi connectivity index (χ4v) is 3.02. The lowest BCUT2D eigenvalue weighted by molar-refractivity contribution is 0.0951. The molecular formula is C20H22N4O3. The zero-order chi connectivity index (χ0) is 18.8. The first kappa shape index (κ1) is 17.3. The summed E-state index contributed by atoms with van der Waals surface area (Å²) < 4.78 is 12.5. The molecule has 1 aromatic carbocycles. The minimum Gasteiger partial charge on any atom is -0.497 e. The molecule has 0 saturated heterocycles. The number of carbonyl (C=O) groups excluding carboxylic acids is 1. The van der Waals surface area contributed by atoms with Crippen molar-refractivity contribution in [1.29, 1.82) is 0 Å². The normalized spacial score (nSPS) is 13.6. The number of hydrogen-bond acceptors (Lipinski definition) is 5. The van der Waals surface area contributed by atoms with E-state index in [4.69, 9.17) is 9.47 Å². The van der Waals surface area contributed by atoms with Crippen LogP contribution in [0.1, 0.15) is 28.8 Å². The van der Waals surface area contributed by atoms with Crippen LogP contribution < -0.4 is 14.8 Å². The second kappa shape index (κ2) is 7.26. The lowest BCUT2D eigenvalue weighted by atomic mass is 10.2. The van der Waals surface area contributed by atoms with Crippen molar-refractivity contribution in [2.45, 2.75) is 19.4 Å². The number of benzene rings is 1. The molecule has 0 aliphatic heterocycles. The van der Waals surface area contributed by atoms with Crippen LogP contribution in [-0.4, -0.2) is 41.4 Å². The van der Waals surface area contributed by atoms with Gasteiger partial charge in [0, 0.05) is 29.8 Å². The number of hydrogen-bond donors (Lipinski definition) is 1. The summed E-state index contributed by atoms with van der Waals surface area (Å²) in [5.41, 5.74) is 2.26. The average molecular weight is 366 g/mol. The van der Waals surface area contributed by atoms with Gasteiger partial charge in [-0.3, -0.25) is 4.79 Å². The van der Waals surface area contributed by atoms with Crippen molar-refractivity contribution < 1.29 is 14.3 Å². The lowest BCUT2D eigenvalue weighted by Gasteiger charge is -2.11. The Hall–Kier alpha value is -3.09. The Morgan fingerprint density at radius 2 is 2.07 bits per heavy atom. The highest BCUT2D eigenvalue weighted by Crippen LogP contribution is 2.28. The highest BCUT2D eigenvalue weighted by molar-refractivity contribution is 5.96. The van der Waals surface area contributed by atoms with Crippen molar-refractivity contribution in [3.05, 3.63) is 47.8 Å². The third-order valence-corrected chi connectivity index (χ3v) is 4.80. The standard InChI is InChI=1S/C20H22N4O3/c1-26-17-6-5-14(18(8-17)27-2)12-24-19-15(11-23-24)7-16(10-21-19)20(25)22-9-13-3-4-13/h5-8,10-11,13H,3-4,9,12H2,1-2H3,(H,22,25). The third-order valence-electron chi connectivity index (χ3n) is 4.80. The third kappa shape index (κ3) is 3.72. The summed E-state index contributed by atoms with van der Waals surface area (Å²) in [6, 6.07) is 7.51. The number of fused-ring (bicyclic) bond motifs is 1.